The molecule has 116 valence electrons. The standard InChI is InChI=1S/C15H16ClN2O2PS/c1-17(2)21(16,22)15(12-6-4-3-5-7-12)13-8-10-14(11-9-13)18(19)20/h3-11,15H,1-2H3. The number of nitrogens with zero attached hydrogens (tertiary/aromatic N) is 2. The van der Waals surface area contributed by atoms with Gasteiger partial charge in [-0.05, 0) is 25.2 Å². The van der Waals surface area contributed by atoms with Gasteiger partial charge < -0.3 is 0 Å². The monoisotopic (exact) mass is 354 g/mol. The number of nitro groups is 1. The Labute approximate surface area is 139 Å². The van der Waals surface area contributed by atoms with Crippen molar-refractivity contribution in [3.05, 3.63) is 75.8 Å². The summed E-state index contributed by atoms with van der Waals surface area (Å²) in [7, 11) is 3.74. The number of non-ortho nitro benzene ring substituents is 1. The van der Waals surface area contributed by atoms with Crippen molar-refractivity contribution >= 4 is 34.3 Å². The van der Waals surface area contributed by atoms with Crippen LogP contribution in [0.4, 0.5) is 5.69 Å². The van der Waals surface area contributed by atoms with Crippen LogP contribution in [-0.2, 0) is 11.8 Å². The lowest BCUT2D eigenvalue weighted by molar-refractivity contribution is -0.384. The number of halogens is 1. The van der Waals surface area contributed by atoms with Crippen molar-refractivity contribution in [2.24, 2.45) is 0 Å². The maximum atomic E-state index is 10.8. The summed E-state index contributed by atoms with van der Waals surface area (Å²) < 4.78 is 1.88. The molecule has 0 saturated carbocycles. The fourth-order valence-corrected chi connectivity index (χ4v) is 5.15. The molecule has 0 aliphatic carbocycles. The van der Waals surface area contributed by atoms with Crippen LogP contribution in [0, 0.1) is 10.1 Å². The lowest BCUT2D eigenvalue weighted by Gasteiger charge is -2.31. The largest absolute Gasteiger partial charge is 0.269 e. The first-order chi connectivity index (χ1) is 10.3. The van der Waals surface area contributed by atoms with E-state index >= 15 is 0 Å². The second kappa shape index (κ2) is 6.88. The summed E-state index contributed by atoms with van der Waals surface area (Å²) in [6.45, 7) is 0. The maximum Gasteiger partial charge on any atom is 0.269 e. The summed E-state index contributed by atoms with van der Waals surface area (Å²) in [6, 6.07) is 16.2. The first-order valence-corrected chi connectivity index (χ1v) is 10.3. The fourth-order valence-electron chi connectivity index (χ4n) is 2.20. The van der Waals surface area contributed by atoms with Gasteiger partial charge in [-0.15, -0.1) is 0 Å². The number of hydrogen-bond donors (Lipinski definition) is 0. The predicted molar refractivity (Wildman–Crippen MR) is 95.2 cm³/mol. The van der Waals surface area contributed by atoms with Crippen LogP contribution < -0.4 is 0 Å². The lowest BCUT2D eigenvalue weighted by Crippen LogP contribution is -2.12. The van der Waals surface area contributed by atoms with Gasteiger partial charge in [-0.1, -0.05) is 65.5 Å². The highest BCUT2D eigenvalue weighted by Gasteiger charge is 2.31. The van der Waals surface area contributed by atoms with Gasteiger partial charge in [0.1, 0.15) is 5.54 Å². The smallest absolute Gasteiger partial charge is 0.269 e. The molecular formula is C15H16ClN2O2PS. The molecule has 0 spiro atoms. The van der Waals surface area contributed by atoms with Crippen molar-refractivity contribution in [1.82, 2.24) is 4.67 Å². The number of hydrogen-bond acceptors (Lipinski definition) is 3. The van der Waals surface area contributed by atoms with Gasteiger partial charge in [0.05, 0.1) is 10.6 Å². The van der Waals surface area contributed by atoms with Gasteiger partial charge in [0, 0.05) is 12.1 Å². The highest BCUT2D eigenvalue weighted by Crippen LogP contribution is 2.67. The normalized spacial score (nSPS) is 15.3. The Bertz CT molecular complexity index is 707. The van der Waals surface area contributed by atoms with Gasteiger partial charge in [-0.3, -0.25) is 14.8 Å². The second-order valence-corrected chi connectivity index (χ2v) is 11.3. The molecule has 22 heavy (non-hydrogen) atoms. The topological polar surface area (TPSA) is 46.4 Å². The molecule has 2 aromatic carbocycles. The zero-order valence-corrected chi connectivity index (χ0v) is 14.7. The Balaban J connectivity index is 2.54. The van der Waals surface area contributed by atoms with E-state index in [9.17, 15) is 10.1 Å². The van der Waals surface area contributed by atoms with Gasteiger partial charge >= 0.3 is 0 Å². The minimum atomic E-state index is -2.39. The molecule has 2 atom stereocenters. The average Bonchev–Trinajstić information content (AvgIpc) is 2.48. The fraction of sp³-hybridized carbons (Fsp3) is 0.200. The van der Waals surface area contributed by atoms with Gasteiger partial charge in [0.25, 0.3) is 5.69 Å². The number of benzene rings is 2. The summed E-state index contributed by atoms with van der Waals surface area (Å²) in [5, 5.41) is 10.8. The summed E-state index contributed by atoms with van der Waals surface area (Å²) in [5.41, 5.74) is -0.600. The van der Waals surface area contributed by atoms with Crippen molar-refractivity contribution < 1.29 is 4.92 Å². The van der Waals surface area contributed by atoms with Gasteiger partial charge in [-0.2, -0.15) is 0 Å². The van der Waals surface area contributed by atoms with Crippen LogP contribution >= 0.6 is 16.8 Å². The Kier molecular flexibility index (Phi) is 5.35. The minimum absolute atomic E-state index is 0.0586. The van der Waals surface area contributed by atoms with Gasteiger partial charge in [0.15, 0.2) is 0 Å². The Morgan fingerprint density at radius 1 is 1.09 bits per heavy atom. The predicted octanol–water partition coefficient (Wildman–Crippen LogP) is 4.79. The Hall–Kier alpha value is -1.26. The molecular weight excluding hydrogens is 339 g/mol. The second-order valence-electron chi connectivity index (χ2n) is 5.05. The van der Waals surface area contributed by atoms with E-state index in [2.05, 4.69) is 0 Å². The van der Waals surface area contributed by atoms with Crippen molar-refractivity contribution in [3.8, 4) is 0 Å². The lowest BCUT2D eigenvalue weighted by atomic mass is 10.0. The molecule has 0 saturated heterocycles. The first kappa shape index (κ1) is 17.1. The van der Waals surface area contributed by atoms with Gasteiger partial charge in [0.2, 0.25) is 0 Å². The van der Waals surface area contributed by atoms with Crippen molar-refractivity contribution in [2.45, 2.75) is 5.66 Å². The molecule has 2 rings (SSSR count). The van der Waals surface area contributed by atoms with Crippen LogP contribution in [0.3, 0.4) is 0 Å². The molecule has 4 nitrogen and oxygen atoms in total. The molecule has 0 heterocycles. The van der Waals surface area contributed by atoms with E-state index in [0.717, 1.165) is 11.1 Å². The number of rotatable bonds is 5. The molecule has 0 amide bonds. The molecule has 0 bridgehead atoms. The van der Waals surface area contributed by atoms with E-state index in [-0.39, 0.29) is 11.3 Å². The summed E-state index contributed by atoms with van der Waals surface area (Å²) >= 11 is 12.4. The molecule has 0 radical (unpaired) electrons. The van der Waals surface area contributed by atoms with E-state index < -0.39 is 10.5 Å². The highest BCUT2D eigenvalue weighted by molar-refractivity contribution is 8.26. The van der Waals surface area contributed by atoms with Crippen LogP contribution in [0.2, 0.25) is 0 Å². The molecule has 0 aliphatic rings. The molecule has 0 N–H and O–H groups in total. The van der Waals surface area contributed by atoms with Crippen LogP contribution in [0.1, 0.15) is 16.8 Å². The average molecular weight is 355 g/mol. The molecule has 0 aromatic heterocycles. The molecule has 0 aliphatic heterocycles. The van der Waals surface area contributed by atoms with E-state index in [4.69, 9.17) is 23.0 Å². The van der Waals surface area contributed by atoms with Crippen molar-refractivity contribution in [1.29, 1.82) is 0 Å². The SMILES string of the molecule is CN(C)P(=S)(Cl)C(c1ccccc1)c1ccc([N+](=O)[O-])cc1. The van der Waals surface area contributed by atoms with E-state index in [1.165, 1.54) is 12.1 Å². The zero-order chi connectivity index (χ0) is 16.3. The third-order valence-corrected chi connectivity index (χ3v) is 8.83. The van der Waals surface area contributed by atoms with Crippen LogP contribution in [0.25, 0.3) is 0 Å². The van der Waals surface area contributed by atoms with Gasteiger partial charge in [-0.25, -0.2) is 0 Å². The Morgan fingerprint density at radius 3 is 2.05 bits per heavy atom. The zero-order valence-electron chi connectivity index (χ0n) is 12.2. The summed E-state index contributed by atoms with van der Waals surface area (Å²) in [5.74, 6) is 0. The highest BCUT2D eigenvalue weighted by atomic mass is 35.7. The minimum Gasteiger partial charge on any atom is -0.269 e. The third kappa shape index (κ3) is 3.55. The van der Waals surface area contributed by atoms with Crippen molar-refractivity contribution in [2.75, 3.05) is 14.1 Å². The Morgan fingerprint density at radius 2 is 1.59 bits per heavy atom. The van der Waals surface area contributed by atoms with Crippen LogP contribution in [-0.4, -0.2) is 23.7 Å². The van der Waals surface area contributed by atoms with Crippen LogP contribution in [0.15, 0.2) is 54.6 Å². The molecule has 2 unspecified atom stereocenters. The maximum absolute atomic E-state index is 10.8. The quantitative estimate of drug-likeness (QED) is 0.440. The number of nitro benzene ring substituents is 1. The third-order valence-electron chi connectivity index (χ3n) is 3.40. The van der Waals surface area contributed by atoms with Crippen molar-refractivity contribution in [3.63, 3.8) is 0 Å². The van der Waals surface area contributed by atoms with E-state index in [1.54, 1.807) is 12.1 Å². The van der Waals surface area contributed by atoms with Crippen LogP contribution in [0.5, 0.6) is 0 Å². The van der Waals surface area contributed by atoms with E-state index in [1.807, 2.05) is 49.1 Å². The first-order valence-electron chi connectivity index (χ1n) is 6.60. The van der Waals surface area contributed by atoms with E-state index in [0.29, 0.717) is 0 Å². The molecule has 7 heteroatoms. The summed E-state index contributed by atoms with van der Waals surface area (Å²) in [4.78, 5) is 10.4. The summed E-state index contributed by atoms with van der Waals surface area (Å²) in [6.07, 6.45) is 0. The molecule has 2 aromatic rings. The molecule has 0 fully saturated rings.